The van der Waals surface area contributed by atoms with Gasteiger partial charge in [0.15, 0.2) is 0 Å². The largest absolute Gasteiger partial charge is 0.383 e. The van der Waals surface area contributed by atoms with Gasteiger partial charge in [-0.05, 0) is 13.3 Å². The van der Waals surface area contributed by atoms with Crippen LogP contribution < -0.4 is 0 Å². The van der Waals surface area contributed by atoms with Crippen molar-refractivity contribution in [3.8, 4) is 0 Å². The molecule has 0 aromatic carbocycles. The van der Waals surface area contributed by atoms with E-state index >= 15 is 0 Å². The summed E-state index contributed by atoms with van der Waals surface area (Å²) >= 11 is 0. The van der Waals surface area contributed by atoms with Crippen molar-refractivity contribution in [3.63, 3.8) is 0 Å². The predicted molar refractivity (Wildman–Crippen MR) is 45.3 cm³/mol. The molecule has 11 heavy (non-hydrogen) atoms. The van der Waals surface area contributed by atoms with Crippen LogP contribution in [0.5, 0.6) is 0 Å². The highest BCUT2D eigenvalue weighted by molar-refractivity contribution is 4.43. The van der Waals surface area contributed by atoms with Crippen molar-refractivity contribution in [2.45, 2.75) is 26.4 Å². The van der Waals surface area contributed by atoms with Crippen LogP contribution in [0.3, 0.4) is 0 Å². The maximum Gasteiger partial charge on any atom is 0.0762 e. The summed E-state index contributed by atoms with van der Waals surface area (Å²) in [7, 11) is 3.61. The van der Waals surface area contributed by atoms with Crippen molar-refractivity contribution in [1.29, 1.82) is 0 Å². The summed E-state index contributed by atoms with van der Waals surface area (Å²) < 4.78 is 4.91. The van der Waals surface area contributed by atoms with E-state index in [2.05, 4.69) is 13.8 Å². The molecule has 0 saturated carbocycles. The van der Waals surface area contributed by atoms with E-state index in [4.69, 9.17) is 9.57 Å². The quantitative estimate of drug-likeness (QED) is 0.548. The molecule has 0 aromatic heterocycles. The molecule has 0 amide bonds. The van der Waals surface area contributed by atoms with Crippen LogP contribution in [0.2, 0.25) is 0 Å². The number of ether oxygens (including phenoxy) is 1. The molecule has 3 heteroatoms. The lowest BCUT2D eigenvalue weighted by Gasteiger charge is -2.20. The Morgan fingerprint density at radius 3 is 2.55 bits per heavy atom. The van der Waals surface area contributed by atoms with E-state index in [1.54, 1.807) is 7.11 Å². The molecule has 0 saturated heterocycles. The van der Waals surface area contributed by atoms with Crippen molar-refractivity contribution >= 4 is 0 Å². The van der Waals surface area contributed by atoms with Gasteiger partial charge in [0.1, 0.15) is 0 Å². The van der Waals surface area contributed by atoms with Crippen LogP contribution in [0, 0.1) is 0 Å². The first-order chi connectivity index (χ1) is 5.20. The van der Waals surface area contributed by atoms with E-state index in [1.165, 1.54) is 0 Å². The van der Waals surface area contributed by atoms with Crippen molar-refractivity contribution in [3.05, 3.63) is 0 Å². The summed E-state index contributed by atoms with van der Waals surface area (Å²) in [5, 5.41) is 1.82. The van der Waals surface area contributed by atoms with E-state index < -0.39 is 0 Å². The van der Waals surface area contributed by atoms with Gasteiger partial charge in [-0.3, -0.25) is 4.84 Å². The van der Waals surface area contributed by atoms with E-state index in [-0.39, 0.29) is 0 Å². The second kappa shape index (κ2) is 6.58. The van der Waals surface area contributed by atoms with Crippen LogP contribution >= 0.6 is 0 Å². The van der Waals surface area contributed by atoms with Crippen LogP contribution in [-0.2, 0) is 9.57 Å². The van der Waals surface area contributed by atoms with Crippen LogP contribution in [0.15, 0.2) is 0 Å². The monoisotopic (exact) mass is 161 g/mol. The molecule has 0 spiro atoms. The third-order valence-corrected chi connectivity index (χ3v) is 1.55. The summed E-state index contributed by atoms with van der Waals surface area (Å²) in [4.78, 5) is 5.45. The summed E-state index contributed by atoms with van der Waals surface area (Å²) in [6, 6.07) is 0. The zero-order chi connectivity index (χ0) is 8.69. The van der Waals surface area contributed by atoms with E-state index in [0.717, 1.165) is 13.0 Å². The Bertz CT molecular complexity index is 88.2. The van der Waals surface area contributed by atoms with Crippen LogP contribution in [0.25, 0.3) is 0 Å². The fraction of sp³-hybridized carbons (Fsp3) is 1.00. The molecule has 0 aliphatic heterocycles. The molecule has 1 atom stereocenters. The minimum Gasteiger partial charge on any atom is -0.383 e. The molecule has 0 heterocycles. The third kappa shape index (κ3) is 6.28. The number of rotatable bonds is 6. The zero-order valence-electron chi connectivity index (χ0n) is 7.96. The molecule has 0 rings (SSSR count). The summed E-state index contributed by atoms with van der Waals surface area (Å²) in [5.41, 5.74) is 0. The lowest BCUT2D eigenvalue weighted by Crippen LogP contribution is -2.27. The van der Waals surface area contributed by atoms with Gasteiger partial charge in [-0.15, -0.1) is 0 Å². The Kier molecular flexibility index (Phi) is 6.51. The van der Waals surface area contributed by atoms with E-state index in [1.807, 2.05) is 12.1 Å². The van der Waals surface area contributed by atoms with Crippen molar-refractivity contribution < 1.29 is 9.57 Å². The lowest BCUT2D eigenvalue weighted by atomic mass is 10.3. The first-order valence-electron chi connectivity index (χ1n) is 4.07. The molecule has 0 aromatic rings. The van der Waals surface area contributed by atoms with Crippen LogP contribution in [0.4, 0.5) is 0 Å². The maximum absolute atomic E-state index is 5.45. The number of hydrogen-bond acceptors (Lipinski definition) is 3. The van der Waals surface area contributed by atoms with Gasteiger partial charge in [0, 0.05) is 20.7 Å². The van der Waals surface area contributed by atoms with Crippen LogP contribution in [-0.4, -0.2) is 38.5 Å². The lowest BCUT2D eigenvalue weighted by molar-refractivity contribution is -0.181. The number of methoxy groups -OCH3 is 1. The second-order valence-corrected chi connectivity index (χ2v) is 2.67. The molecule has 0 N–H and O–H groups in total. The molecule has 0 bridgehead atoms. The second-order valence-electron chi connectivity index (χ2n) is 2.67. The van der Waals surface area contributed by atoms with Crippen LogP contribution in [0.1, 0.15) is 20.3 Å². The first kappa shape index (κ1) is 10.9. The highest BCUT2D eigenvalue weighted by Crippen LogP contribution is 1.98. The first-order valence-corrected chi connectivity index (χ1v) is 4.07. The normalized spacial score (nSPS) is 13.9. The molecular weight excluding hydrogens is 142 g/mol. The minimum atomic E-state index is 0.303. The molecule has 0 unspecified atom stereocenters. The summed E-state index contributed by atoms with van der Waals surface area (Å²) in [5.74, 6) is 0. The Balaban J connectivity index is 3.27. The molecule has 0 aliphatic rings. The smallest absolute Gasteiger partial charge is 0.0762 e. The fourth-order valence-corrected chi connectivity index (χ4v) is 0.654. The highest BCUT2D eigenvalue weighted by atomic mass is 16.7. The molecular formula is C8H19NO2. The van der Waals surface area contributed by atoms with Crippen molar-refractivity contribution in [2.75, 3.05) is 27.3 Å². The summed E-state index contributed by atoms with van der Waals surface area (Å²) in [6.45, 7) is 5.70. The van der Waals surface area contributed by atoms with Gasteiger partial charge in [-0.1, -0.05) is 6.92 Å². The Hall–Kier alpha value is -0.120. The molecule has 0 aliphatic carbocycles. The SMILES string of the molecule is CC[C@H](C)ON(C)CCOC. The molecule has 0 radical (unpaired) electrons. The van der Waals surface area contributed by atoms with Gasteiger partial charge < -0.3 is 4.74 Å². The number of hydroxylamine groups is 2. The van der Waals surface area contributed by atoms with E-state index in [0.29, 0.717) is 12.7 Å². The Morgan fingerprint density at radius 1 is 1.45 bits per heavy atom. The molecule has 68 valence electrons. The zero-order valence-corrected chi connectivity index (χ0v) is 7.96. The average molecular weight is 161 g/mol. The average Bonchev–Trinajstić information content (AvgIpc) is 2.00. The minimum absolute atomic E-state index is 0.303. The standard InChI is InChI=1S/C8H19NO2/c1-5-8(2)11-9(3)6-7-10-4/h8H,5-7H2,1-4H3/t8-/m0/s1. The van der Waals surface area contributed by atoms with Gasteiger partial charge in [-0.2, -0.15) is 5.06 Å². The van der Waals surface area contributed by atoms with Gasteiger partial charge in [0.25, 0.3) is 0 Å². The molecule has 3 nitrogen and oxygen atoms in total. The topological polar surface area (TPSA) is 21.7 Å². The maximum atomic E-state index is 5.45. The predicted octanol–water partition coefficient (Wildman–Crippen LogP) is 1.29. The number of hydrogen-bond donors (Lipinski definition) is 0. The van der Waals surface area contributed by atoms with Crippen molar-refractivity contribution in [2.24, 2.45) is 0 Å². The number of likely N-dealkylation sites (N-methyl/N-ethyl adjacent to an activating group) is 1. The Labute approximate surface area is 69.2 Å². The van der Waals surface area contributed by atoms with E-state index in [9.17, 15) is 0 Å². The van der Waals surface area contributed by atoms with Gasteiger partial charge >= 0.3 is 0 Å². The van der Waals surface area contributed by atoms with Gasteiger partial charge in [-0.25, -0.2) is 0 Å². The van der Waals surface area contributed by atoms with Crippen molar-refractivity contribution in [1.82, 2.24) is 5.06 Å². The van der Waals surface area contributed by atoms with Gasteiger partial charge in [0.2, 0.25) is 0 Å². The number of nitrogens with zero attached hydrogens (tertiary/aromatic N) is 1. The Morgan fingerprint density at radius 2 is 2.09 bits per heavy atom. The fourth-order valence-electron chi connectivity index (χ4n) is 0.654. The third-order valence-electron chi connectivity index (χ3n) is 1.55. The summed E-state index contributed by atoms with van der Waals surface area (Å²) in [6.07, 6.45) is 1.34. The molecule has 0 fully saturated rings. The van der Waals surface area contributed by atoms with Gasteiger partial charge in [0.05, 0.1) is 12.7 Å². The highest BCUT2D eigenvalue weighted by Gasteiger charge is 2.02.